The van der Waals surface area contributed by atoms with Gasteiger partial charge in [-0.05, 0) is 80.3 Å². The second-order valence-electron chi connectivity index (χ2n) is 14.8. The number of alkyl halides is 2. The molecule has 16 nitrogen and oxygen atoms in total. The van der Waals surface area contributed by atoms with E-state index in [1.165, 1.54) is 23.0 Å². The molecule has 1 saturated heterocycles. The van der Waals surface area contributed by atoms with Crippen LogP contribution in [0.5, 0.6) is 0 Å². The molecule has 5 heterocycles. The molecule has 6 N–H and O–H groups in total. The fourth-order valence-electron chi connectivity index (χ4n) is 7.94. The predicted octanol–water partition coefficient (Wildman–Crippen LogP) is 4.27. The van der Waals surface area contributed by atoms with Gasteiger partial charge in [-0.25, -0.2) is 18.3 Å². The minimum absolute atomic E-state index is 0.0528. The number of nitrogens with zero attached hydrogens (tertiary/aromatic N) is 6. The molecule has 0 spiro atoms. The molecule has 1 unspecified atom stereocenters. The highest BCUT2D eigenvalue weighted by molar-refractivity contribution is 6.25. The van der Waals surface area contributed by atoms with Gasteiger partial charge < -0.3 is 21.7 Å². The molecule has 5 amide bonds. The second kappa shape index (κ2) is 16.1. The molecule has 18 heteroatoms. The highest BCUT2D eigenvalue weighted by Gasteiger charge is 2.45. The van der Waals surface area contributed by atoms with E-state index >= 15 is 0 Å². The Labute approximate surface area is 330 Å². The standard InChI is InChI=1S/C40H41F2N11O5/c41-35(42)34-29(47-37(55)27-20-46-51-17-15-31(43)48-36(27)51)21-52(50-34)25-10-8-24(9-11-25)19-44-18-23-6-4-22(5-7-23)14-16-45-28-3-1-2-26-33(28)40(58)53(39(26)57)30-12-13-32(54)49-38(30)56/h1-7,15,17,20-21,24-25,30,35,44-45H,8-14,16,18-19H2,(H2,43,48)(H,47,55)(H,49,54,56). The summed E-state index contributed by atoms with van der Waals surface area (Å²) in [5.41, 5.74) is 8.72. The van der Waals surface area contributed by atoms with Crippen LogP contribution in [0, 0.1) is 5.92 Å². The molecule has 2 fully saturated rings. The number of anilines is 3. The summed E-state index contributed by atoms with van der Waals surface area (Å²) in [6.45, 7) is 2.00. The third-order valence-corrected chi connectivity index (χ3v) is 11.0. The summed E-state index contributed by atoms with van der Waals surface area (Å²) >= 11 is 0. The van der Waals surface area contributed by atoms with Gasteiger partial charge in [-0.3, -0.25) is 38.9 Å². The molecule has 1 saturated carbocycles. The molecule has 2 aromatic carbocycles. The smallest absolute Gasteiger partial charge is 0.284 e. The lowest BCUT2D eigenvalue weighted by Crippen LogP contribution is -2.54. The van der Waals surface area contributed by atoms with Gasteiger partial charge in [0.2, 0.25) is 11.8 Å². The van der Waals surface area contributed by atoms with Crippen LogP contribution in [0.4, 0.5) is 26.0 Å². The molecular formula is C40H41F2N11O5. The first-order chi connectivity index (χ1) is 28.0. The van der Waals surface area contributed by atoms with Crippen molar-refractivity contribution in [3.05, 3.63) is 101 Å². The minimum Gasteiger partial charge on any atom is -0.384 e. The van der Waals surface area contributed by atoms with Gasteiger partial charge in [0.1, 0.15) is 17.4 Å². The monoisotopic (exact) mass is 793 g/mol. The lowest BCUT2D eigenvalue weighted by Gasteiger charge is -2.29. The van der Waals surface area contributed by atoms with Crippen molar-refractivity contribution < 1.29 is 32.8 Å². The van der Waals surface area contributed by atoms with Crippen molar-refractivity contribution >= 4 is 52.4 Å². The maximum absolute atomic E-state index is 14.0. The van der Waals surface area contributed by atoms with E-state index in [9.17, 15) is 32.8 Å². The number of carbonyl (C=O) groups excluding carboxylic acids is 5. The summed E-state index contributed by atoms with van der Waals surface area (Å²) in [5.74, 6) is -2.18. The number of halogens is 2. The molecule has 3 aromatic heterocycles. The Bertz CT molecular complexity index is 2410. The van der Waals surface area contributed by atoms with Gasteiger partial charge in [0.15, 0.2) is 11.3 Å². The number of hydrogen-bond donors (Lipinski definition) is 5. The van der Waals surface area contributed by atoms with Crippen molar-refractivity contribution in [3.8, 4) is 0 Å². The van der Waals surface area contributed by atoms with E-state index < -0.39 is 47.7 Å². The number of nitrogens with two attached hydrogens (primary N) is 1. The lowest BCUT2D eigenvalue weighted by molar-refractivity contribution is -0.136. The first kappa shape index (κ1) is 38.3. The number of aromatic nitrogens is 5. The number of amides is 5. The van der Waals surface area contributed by atoms with Gasteiger partial charge in [-0.1, -0.05) is 30.3 Å². The Kier molecular flexibility index (Phi) is 10.7. The van der Waals surface area contributed by atoms with Crippen LogP contribution in [-0.2, 0) is 22.6 Å². The molecule has 5 aromatic rings. The van der Waals surface area contributed by atoms with Crippen LogP contribution in [0.3, 0.4) is 0 Å². The fourth-order valence-corrected chi connectivity index (χ4v) is 7.94. The molecule has 8 rings (SSSR count). The van der Waals surface area contributed by atoms with Gasteiger partial charge >= 0.3 is 0 Å². The van der Waals surface area contributed by atoms with Gasteiger partial charge in [0.05, 0.1) is 29.1 Å². The molecule has 1 atom stereocenters. The summed E-state index contributed by atoms with van der Waals surface area (Å²) < 4.78 is 30.9. The number of rotatable bonds is 13. The summed E-state index contributed by atoms with van der Waals surface area (Å²) in [4.78, 5) is 68.7. The number of nitrogen functional groups attached to an aromatic ring is 1. The quantitative estimate of drug-likeness (QED) is 0.106. The third kappa shape index (κ3) is 7.74. The normalized spacial score (nSPS) is 19.5. The lowest BCUT2D eigenvalue weighted by atomic mass is 9.86. The van der Waals surface area contributed by atoms with Crippen LogP contribution in [0.25, 0.3) is 5.65 Å². The molecule has 3 aliphatic rings. The average molecular weight is 794 g/mol. The van der Waals surface area contributed by atoms with E-state index in [2.05, 4.69) is 60.7 Å². The predicted molar refractivity (Wildman–Crippen MR) is 207 cm³/mol. The summed E-state index contributed by atoms with van der Waals surface area (Å²) in [5, 5.41) is 19.9. The number of hydrogen-bond acceptors (Lipinski definition) is 11. The number of benzene rings is 2. The zero-order chi connectivity index (χ0) is 40.5. The van der Waals surface area contributed by atoms with Gasteiger partial charge in [-0.2, -0.15) is 10.2 Å². The number of piperidine rings is 1. The Morgan fingerprint density at radius 2 is 1.72 bits per heavy atom. The second-order valence-corrected chi connectivity index (χ2v) is 14.8. The van der Waals surface area contributed by atoms with Crippen LogP contribution >= 0.6 is 0 Å². The Morgan fingerprint density at radius 3 is 2.48 bits per heavy atom. The largest absolute Gasteiger partial charge is 0.384 e. The maximum Gasteiger partial charge on any atom is 0.284 e. The zero-order valence-corrected chi connectivity index (χ0v) is 31.3. The fraction of sp³-hybridized carbons (Fsp3) is 0.350. The number of imide groups is 2. The summed E-state index contributed by atoms with van der Waals surface area (Å²) in [6.07, 6.45) is 5.60. The Hall–Kier alpha value is -6.56. The van der Waals surface area contributed by atoms with Crippen molar-refractivity contribution in [2.75, 3.05) is 29.5 Å². The molecule has 300 valence electrons. The van der Waals surface area contributed by atoms with Crippen LogP contribution in [0.1, 0.15) is 98.9 Å². The molecule has 0 bridgehead atoms. The third-order valence-electron chi connectivity index (χ3n) is 11.0. The van der Waals surface area contributed by atoms with Crippen molar-refractivity contribution in [3.63, 3.8) is 0 Å². The molecule has 1 aliphatic carbocycles. The minimum atomic E-state index is -2.88. The highest BCUT2D eigenvalue weighted by Crippen LogP contribution is 2.35. The topological polar surface area (TPSA) is 211 Å². The molecule has 0 radical (unpaired) electrons. The number of fused-ring (bicyclic) bond motifs is 2. The Balaban J connectivity index is 0.786. The SMILES string of the molecule is Nc1ccn2ncc(C(=O)Nc3cn(C4CCC(CNCc5ccc(CCNc6cccc7c6C(=O)N(C6CCC(=O)NC6=O)C7=O)cc5)CC4)nc3C(F)F)c2n1. The van der Waals surface area contributed by atoms with E-state index in [-0.39, 0.29) is 52.7 Å². The first-order valence-electron chi connectivity index (χ1n) is 19.2. The number of nitrogens with one attached hydrogen (secondary N) is 4. The van der Waals surface area contributed by atoms with E-state index in [1.807, 2.05) is 0 Å². The first-order valence-corrected chi connectivity index (χ1v) is 19.2. The zero-order valence-electron chi connectivity index (χ0n) is 31.3. The summed E-state index contributed by atoms with van der Waals surface area (Å²) in [6, 6.07) is 13.7. The van der Waals surface area contributed by atoms with Crippen LogP contribution in [0.2, 0.25) is 0 Å². The average Bonchev–Trinajstić information content (AvgIpc) is 3.90. The van der Waals surface area contributed by atoms with E-state index in [0.717, 1.165) is 48.3 Å². The molecule has 2 aliphatic heterocycles. The van der Waals surface area contributed by atoms with Crippen LogP contribution in [-0.4, -0.2) is 77.9 Å². The molecule has 58 heavy (non-hydrogen) atoms. The maximum atomic E-state index is 14.0. The highest BCUT2D eigenvalue weighted by atomic mass is 19.3. The number of carbonyl (C=O) groups is 5. The summed E-state index contributed by atoms with van der Waals surface area (Å²) in [7, 11) is 0. The van der Waals surface area contributed by atoms with Crippen molar-refractivity contribution in [2.24, 2.45) is 5.92 Å². The van der Waals surface area contributed by atoms with Crippen molar-refractivity contribution in [2.45, 2.75) is 70.0 Å². The van der Waals surface area contributed by atoms with E-state index in [1.54, 1.807) is 29.1 Å². The van der Waals surface area contributed by atoms with Gasteiger partial charge in [-0.15, -0.1) is 0 Å². The van der Waals surface area contributed by atoms with Crippen LogP contribution < -0.4 is 27.0 Å². The van der Waals surface area contributed by atoms with Crippen molar-refractivity contribution in [1.82, 2.24) is 39.9 Å². The molecular weight excluding hydrogens is 753 g/mol. The van der Waals surface area contributed by atoms with Gasteiger partial charge in [0, 0.05) is 37.6 Å². The van der Waals surface area contributed by atoms with E-state index in [4.69, 9.17) is 5.73 Å². The van der Waals surface area contributed by atoms with Gasteiger partial charge in [0.25, 0.3) is 24.1 Å². The van der Waals surface area contributed by atoms with Crippen molar-refractivity contribution in [1.29, 1.82) is 0 Å². The van der Waals surface area contributed by atoms with Crippen LogP contribution in [0.15, 0.2) is 67.1 Å². The Morgan fingerprint density at radius 1 is 0.948 bits per heavy atom. The van der Waals surface area contributed by atoms with E-state index in [0.29, 0.717) is 31.1 Å².